The van der Waals surface area contributed by atoms with Crippen LogP contribution in [0.1, 0.15) is 49.0 Å². The van der Waals surface area contributed by atoms with Gasteiger partial charge in [-0.25, -0.2) is 0 Å². The van der Waals surface area contributed by atoms with Crippen molar-refractivity contribution in [1.29, 1.82) is 0 Å². The summed E-state index contributed by atoms with van der Waals surface area (Å²) in [6.45, 7) is 6.79. The lowest BCUT2D eigenvalue weighted by molar-refractivity contribution is 0.0964. The molecule has 2 heteroatoms. The van der Waals surface area contributed by atoms with Crippen LogP contribution in [-0.2, 0) is 0 Å². The van der Waals surface area contributed by atoms with Crippen LogP contribution in [0.3, 0.4) is 0 Å². The molecule has 0 saturated heterocycles. The molecule has 1 atom stereocenters. The Morgan fingerprint density at radius 2 is 1.88 bits per heavy atom. The number of hydrogen-bond acceptors (Lipinski definition) is 2. The molecule has 0 spiro atoms. The second kappa shape index (κ2) is 5.80. The highest BCUT2D eigenvalue weighted by atomic mass is 16.1. The molecule has 0 amide bonds. The molecule has 0 heterocycles. The minimum Gasteiger partial charge on any atom is -0.330 e. The van der Waals surface area contributed by atoms with E-state index in [1.807, 2.05) is 31.2 Å². The SMILES string of the molecule is CC(C)c1ccccc1C(=O)C[C@H](C)CN. The number of carbonyl (C=O) groups is 1. The van der Waals surface area contributed by atoms with E-state index in [0.717, 1.165) is 11.1 Å². The molecule has 0 fully saturated rings. The summed E-state index contributed by atoms with van der Waals surface area (Å²) in [5.41, 5.74) is 7.54. The van der Waals surface area contributed by atoms with Crippen molar-refractivity contribution in [3.05, 3.63) is 35.4 Å². The minimum absolute atomic E-state index is 0.210. The van der Waals surface area contributed by atoms with E-state index < -0.39 is 0 Å². The molecular weight excluding hydrogens is 198 g/mol. The Labute approximate surface area is 97.9 Å². The van der Waals surface area contributed by atoms with Gasteiger partial charge in [0.25, 0.3) is 0 Å². The van der Waals surface area contributed by atoms with Crippen molar-refractivity contribution in [3.63, 3.8) is 0 Å². The first-order chi connectivity index (χ1) is 7.56. The summed E-state index contributed by atoms with van der Waals surface area (Å²) in [7, 11) is 0. The zero-order valence-electron chi connectivity index (χ0n) is 10.4. The molecule has 0 saturated carbocycles. The molecule has 0 aliphatic heterocycles. The zero-order chi connectivity index (χ0) is 12.1. The average Bonchev–Trinajstić information content (AvgIpc) is 2.28. The molecular formula is C14H21NO. The topological polar surface area (TPSA) is 43.1 Å². The largest absolute Gasteiger partial charge is 0.330 e. The van der Waals surface area contributed by atoms with Gasteiger partial charge in [-0.1, -0.05) is 45.0 Å². The van der Waals surface area contributed by atoms with Crippen molar-refractivity contribution in [1.82, 2.24) is 0 Å². The molecule has 0 aromatic heterocycles. The van der Waals surface area contributed by atoms with Gasteiger partial charge in [-0.3, -0.25) is 4.79 Å². The fourth-order valence-corrected chi connectivity index (χ4v) is 1.76. The second-order valence-corrected chi connectivity index (χ2v) is 4.71. The van der Waals surface area contributed by atoms with Gasteiger partial charge in [0.2, 0.25) is 0 Å². The third-order valence-corrected chi connectivity index (χ3v) is 2.82. The van der Waals surface area contributed by atoms with E-state index >= 15 is 0 Å². The Bertz CT molecular complexity index is 358. The van der Waals surface area contributed by atoms with Crippen molar-refractivity contribution in [3.8, 4) is 0 Å². The van der Waals surface area contributed by atoms with Crippen molar-refractivity contribution < 1.29 is 4.79 Å². The quantitative estimate of drug-likeness (QED) is 0.774. The van der Waals surface area contributed by atoms with Crippen LogP contribution in [0.5, 0.6) is 0 Å². The molecule has 0 aliphatic carbocycles. The van der Waals surface area contributed by atoms with Gasteiger partial charge in [-0.15, -0.1) is 0 Å². The van der Waals surface area contributed by atoms with Crippen LogP contribution >= 0.6 is 0 Å². The average molecular weight is 219 g/mol. The smallest absolute Gasteiger partial charge is 0.163 e. The number of rotatable bonds is 5. The van der Waals surface area contributed by atoms with E-state index in [-0.39, 0.29) is 11.7 Å². The van der Waals surface area contributed by atoms with E-state index in [4.69, 9.17) is 5.73 Å². The number of benzene rings is 1. The van der Waals surface area contributed by atoms with Crippen molar-refractivity contribution >= 4 is 5.78 Å². The Balaban J connectivity index is 2.90. The molecule has 88 valence electrons. The summed E-state index contributed by atoms with van der Waals surface area (Å²) in [5, 5.41) is 0. The van der Waals surface area contributed by atoms with Crippen LogP contribution in [0.15, 0.2) is 24.3 Å². The van der Waals surface area contributed by atoms with Crippen molar-refractivity contribution in [2.24, 2.45) is 11.7 Å². The summed E-state index contributed by atoms with van der Waals surface area (Å²) >= 11 is 0. The van der Waals surface area contributed by atoms with Gasteiger partial charge in [0, 0.05) is 12.0 Å². The lowest BCUT2D eigenvalue weighted by atomic mass is 9.91. The van der Waals surface area contributed by atoms with Crippen LogP contribution in [0.25, 0.3) is 0 Å². The molecule has 0 unspecified atom stereocenters. The number of carbonyl (C=O) groups excluding carboxylic acids is 1. The minimum atomic E-state index is 0.210. The van der Waals surface area contributed by atoms with Gasteiger partial charge in [0.15, 0.2) is 5.78 Å². The number of Topliss-reactive ketones (excluding diaryl/α,β-unsaturated/α-hetero) is 1. The van der Waals surface area contributed by atoms with Gasteiger partial charge < -0.3 is 5.73 Å². The van der Waals surface area contributed by atoms with Crippen molar-refractivity contribution in [2.45, 2.75) is 33.1 Å². The van der Waals surface area contributed by atoms with Crippen LogP contribution in [0.2, 0.25) is 0 Å². The molecule has 0 radical (unpaired) electrons. The summed E-state index contributed by atoms with van der Waals surface area (Å²) in [6.07, 6.45) is 0.542. The molecule has 16 heavy (non-hydrogen) atoms. The Morgan fingerprint density at radius 1 is 1.25 bits per heavy atom. The maximum atomic E-state index is 12.1. The first kappa shape index (κ1) is 12.9. The number of ketones is 1. The fourth-order valence-electron chi connectivity index (χ4n) is 1.76. The lowest BCUT2D eigenvalue weighted by Crippen LogP contribution is -2.16. The standard InChI is InChI=1S/C14H21NO/c1-10(2)12-6-4-5-7-13(12)14(16)8-11(3)9-15/h4-7,10-11H,8-9,15H2,1-3H3/t11-/m0/s1. The summed E-state index contributed by atoms with van der Waals surface area (Å²) in [6, 6.07) is 7.86. The molecule has 1 rings (SSSR count). The fraction of sp³-hybridized carbons (Fsp3) is 0.500. The van der Waals surface area contributed by atoms with E-state index in [2.05, 4.69) is 13.8 Å². The van der Waals surface area contributed by atoms with Gasteiger partial charge in [-0.2, -0.15) is 0 Å². The van der Waals surface area contributed by atoms with Crippen LogP contribution < -0.4 is 5.73 Å². The third-order valence-electron chi connectivity index (χ3n) is 2.82. The zero-order valence-corrected chi connectivity index (χ0v) is 10.4. The highest BCUT2D eigenvalue weighted by Gasteiger charge is 2.15. The Kier molecular flexibility index (Phi) is 4.69. The van der Waals surface area contributed by atoms with E-state index in [1.54, 1.807) is 0 Å². The lowest BCUT2D eigenvalue weighted by Gasteiger charge is -2.13. The second-order valence-electron chi connectivity index (χ2n) is 4.71. The van der Waals surface area contributed by atoms with E-state index in [9.17, 15) is 4.79 Å². The Morgan fingerprint density at radius 3 is 2.44 bits per heavy atom. The summed E-state index contributed by atoms with van der Waals surface area (Å²) in [5.74, 6) is 0.850. The molecule has 0 aliphatic rings. The molecule has 2 nitrogen and oxygen atoms in total. The van der Waals surface area contributed by atoms with Gasteiger partial charge in [0.1, 0.15) is 0 Å². The van der Waals surface area contributed by atoms with Crippen molar-refractivity contribution in [2.75, 3.05) is 6.54 Å². The monoisotopic (exact) mass is 219 g/mol. The third kappa shape index (κ3) is 3.17. The summed E-state index contributed by atoms with van der Waals surface area (Å²) in [4.78, 5) is 12.1. The molecule has 1 aromatic carbocycles. The maximum absolute atomic E-state index is 12.1. The molecule has 2 N–H and O–H groups in total. The molecule has 1 aromatic rings. The predicted octanol–water partition coefficient (Wildman–Crippen LogP) is 2.98. The van der Waals surface area contributed by atoms with E-state index in [1.165, 1.54) is 0 Å². The summed E-state index contributed by atoms with van der Waals surface area (Å²) < 4.78 is 0. The van der Waals surface area contributed by atoms with Gasteiger partial charge in [-0.05, 0) is 23.9 Å². The van der Waals surface area contributed by atoms with Crippen LogP contribution in [-0.4, -0.2) is 12.3 Å². The van der Waals surface area contributed by atoms with Crippen LogP contribution in [0, 0.1) is 5.92 Å². The van der Waals surface area contributed by atoms with Gasteiger partial charge in [0.05, 0.1) is 0 Å². The number of nitrogens with two attached hydrogens (primary N) is 1. The highest BCUT2D eigenvalue weighted by molar-refractivity contribution is 5.97. The normalized spacial score (nSPS) is 12.8. The Hall–Kier alpha value is -1.15. The first-order valence-corrected chi connectivity index (χ1v) is 5.88. The predicted molar refractivity (Wildman–Crippen MR) is 67.7 cm³/mol. The van der Waals surface area contributed by atoms with E-state index in [0.29, 0.717) is 18.9 Å². The van der Waals surface area contributed by atoms with Gasteiger partial charge >= 0.3 is 0 Å². The maximum Gasteiger partial charge on any atom is 0.163 e. The van der Waals surface area contributed by atoms with Crippen LogP contribution in [0.4, 0.5) is 0 Å². The number of hydrogen-bond donors (Lipinski definition) is 1. The molecule has 0 bridgehead atoms. The first-order valence-electron chi connectivity index (χ1n) is 5.88. The highest BCUT2D eigenvalue weighted by Crippen LogP contribution is 2.21.